The molecule has 0 spiro atoms. The molecule has 3 aromatic carbocycles. The lowest BCUT2D eigenvalue weighted by atomic mass is 9.94. The number of nitrogens with zero attached hydrogens (tertiary/aromatic N) is 1. The Hall–Kier alpha value is -2.38. The molecule has 1 unspecified atom stereocenters. The van der Waals surface area contributed by atoms with Gasteiger partial charge in [-0.1, -0.05) is 89.4 Å². The number of benzene rings is 3. The van der Waals surface area contributed by atoms with E-state index >= 15 is 0 Å². The van der Waals surface area contributed by atoms with E-state index in [0.29, 0.717) is 41.5 Å². The van der Waals surface area contributed by atoms with E-state index in [2.05, 4.69) is 5.32 Å². The predicted octanol–water partition coefficient (Wildman–Crippen LogP) is 5.75. The van der Waals surface area contributed by atoms with Gasteiger partial charge in [-0.2, -0.15) is 0 Å². The first-order valence-electron chi connectivity index (χ1n) is 11.6. The number of carbonyl (C=O) groups excluding carboxylic acids is 1. The molecule has 3 aromatic rings. The Morgan fingerprint density at radius 1 is 0.971 bits per heavy atom. The lowest BCUT2D eigenvalue weighted by Gasteiger charge is -2.32. The van der Waals surface area contributed by atoms with Crippen LogP contribution in [-0.4, -0.2) is 31.7 Å². The summed E-state index contributed by atoms with van der Waals surface area (Å²) in [6.45, 7) is 2.63. The first-order valence-corrected chi connectivity index (χ1v) is 13.9. The number of amides is 1. The van der Waals surface area contributed by atoms with E-state index in [9.17, 15) is 13.2 Å². The molecule has 1 amide bonds. The highest BCUT2D eigenvalue weighted by atomic mass is 35.5. The van der Waals surface area contributed by atoms with Crippen LogP contribution in [0.2, 0.25) is 10.0 Å². The van der Waals surface area contributed by atoms with Crippen LogP contribution >= 0.6 is 23.2 Å². The van der Waals surface area contributed by atoms with Crippen molar-refractivity contribution < 1.29 is 13.2 Å². The summed E-state index contributed by atoms with van der Waals surface area (Å²) in [4.78, 5) is 13.2. The molecule has 0 bridgehead atoms. The molecule has 4 rings (SSSR count). The number of aryl methyl sites for hydroxylation is 1. The average molecular weight is 532 g/mol. The second-order valence-electron chi connectivity index (χ2n) is 8.93. The first-order chi connectivity index (χ1) is 16.7. The number of hydrogen-bond acceptors (Lipinski definition) is 3. The Morgan fingerprint density at radius 3 is 2.23 bits per heavy atom. The van der Waals surface area contributed by atoms with Crippen molar-refractivity contribution in [2.75, 3.05) is 13.1 Å². The van der Waals surface area contributed by atoms with Crippen LogP contribution in [0.25, 0.3) is 0 Å². The largest absolute Gasteiger partial charge is 0.345 e. The number of hydrogen-bond donors (Lipinski definition) is 1. The van der Waals surface area contributed by atoms with Gasteiger partial charge in [0.1, 0.15) is 0 Å². The lowest BCUT2D eigenvalue weighted by molar-refractivity contribution is -0.126. The molecular formula is C27H28Cl2N2O3S. The summed E-state index contributed by atoms with van der Waals surface area (Å²) < 4.78 is 27.4. The maximum atomic E-state index is 13.2. The van der Waals surface area contributed by atoms with Crippen molar-refractivity contribution in [3.63, 3.8) is 0 Å². The predicted molar refractivity (Wildman–Crippen MR) is 141 cm³/mol. The van der Waals surface area contributed by atoms with Gasteiger partial charge < -0.3 is 5.32 Å². The van der Waals surface area contributed by atoms with E-state index in [1.807, 2.05) is 61.5 Å². The minimum atomic E-state index is -3.56. The minimum absolute atomic E-state index is 0.0581. The van der Waals surface area contributed by atoms with Gasteiger partial charge in [-0.15, -0.1) is 0 Å². The number of rotatable bonds is 7. The highest BCUT2D eigenvalue weighted by Crippen LogP contribution is 2.28. The zero-order chi connectivity index (χ0) is 25.0. The Labute approximate surface area is 217 Å². The van der Waals surface area contributed by atoms with Crippen molar-refractivity contribution in [1.29, 1.82) is 0 Å². The third-order valence-electron chi connectivity index (χ3n) is 6.40. The second-order valence-corrected chi connectivity index (χ2v) is 11.7. The second kappa shape index (κ2) is 11.1. The summed E-state index contributed by atoms with van der Waals surface area (Å²) in [7, 11) is -3.56. The van der Waals surface area contributed by atoms with E-state index in [-0.39, 0.29) is 23.6 Å². The smallest absolute Gasteiger partial charge is 0.223 e. The molecule has 8 heteroatoms. The van der Waals surface area contributed by atoms with E-state index in [1.54, 1.807) is 18.2 Å². The van der Waals surface area contributed by atoms with Crippen molar-refractivity contribution in [3.8, 4) is 0 Å². The molecule has 0 aliphatic carbocycles. The molecule has 1 fully saturated rings. The number of piperidine rings is 1. The van der Waals surface area contributed by atoms with Crippen LogP contribution in [-0.2, 0) is 20.6 Å². The van der Waals surface area contributed by atoms with E-state index in [0.717, 1.165) is 16.7 Å². The summed E-state index contributed by atoms with van der Waals surface area (Å²) in [6, 6.07) is 22.5. The van der Waals surface area contributed by atoms with Crippen molar-refractivity contribution in [3.05, 3.63) is 105 Å². The quantitative estimate of drug-likeness (QED) is 0.422. The van der Waals surface area contributed by atoms with Crippen LogP contribution in [0.4, 0.5) is 0 Å². The molecule has 1 aliphatic rings. The molecule has 0 radical (unpaired) electrons. The maximum Gasteiger partial charge on any atom is 0.223 e. The molecule has 1 saturated heterocycles. The van der Waals surface area contributed by atoms with Gasteiger partial charge >= 0.3 is 0 Å². The molecule has 1 N–H and O–H groups in total. The first kappa shape index (κ1) is 25.7. The van der Waals surface area contributed by atoms with E-state index in [1.165, 1.54) is 4.31 Å². The summed E-state index contributed by atoms with van der Waals surface area (Å²) >= 11 is 12.1. The van der Waals surface area contributed by atoms with Gasteiger partial charge in [-0.25, -0.2) is 12.7 Å². The highest BCUT2D eigenvalue weighted by Gasteiger charge is 2.32. The van der Waals surface area contributed by atoms with Gasteiger partial charge in [0, 0.05) is 29.1 Å². The van der Waals surface area contributed by atoms with Crippen LogP contribution in [0, 0.1) is 12.8 Å². The maximum absolute atomic E-state index is 13.2. The van der Waals surface area contributed by atoms with E-state index < -0.39 is 10.0 Å². The SMILES string of the molecule is Cc1ccc(C(NC(=O)C2CCN(S(=O)(=O)Cc3ccc(Cl)cc3Cl)CC2)c2ccccc2)cc1. The van der Waals surface area contributed by atoms with Crippen LogP contribution in [0.1, 0.15) is 41.1 Å². The van der Waals surface area contributed by atoms with Crippen LogP contribution in [0.3, 0.4) is 0 Å². The lowest BCUT2D eigenvalue weighted by Crippen LogP contribution is -2.44. The monoisotopic (exact) mass is 530 g/mol. The van der Waals surface area contributed by atoms with Gasteiger partial charge in [-0.3, -0.25) is 4.79 Å². The number of carbonyl (C=O) groups is 1. The van der Waals surface area contributed by atoms with Crippen LogP contribution in [0.15, 0.2) is 72.8 Å². The van der Waals surface area contributed by atoms with Crippen LogP contribution < -0.4 is 5.32 Å². The summed E-state index contributed by atoms with van der Waals surface area (Å²) in [6.07, 6.45) is 0.934. The molecule has 0 aromatic heterocycles. The molecule has 1 atom stereocenters. The molecular weight excluding hydrogens is 503 g/mol. The van der Waals surface area contributed by atoms with Crippen LogP contribution in [0.5, 0.6) is 0 Å². The zero-order valence-electron chi connectivity index (χ0n) is 19.5. The van der Waals surface area contributed by atoms with Crippen molar-refractivity contribution in [1.82, 2.24) is 9.62 Å². The topological polar surface area (TPSA) is 66.5 Å². The zero-order valence-corrected chi connectivity index (χ0v) is 21.8. The molecule has 1 aliphatic heterocycles. The van der Waals surface area contributed by atoms with Gasteiger partial charge in [0.15, 0.2) is 0 Å². The molecule has 184 valence electrons. The van der Waals surface area contributed by atoms with Gasteiger partial charge in [-0.05, 0) is 48.6 Å². The van der Waals surface area contributed by atoms with Gasteiger partial charge in [0.25, 0.3) is 0 Å². The number of sulfonamides is 1. The molecule has 1 heterocycles. The summed E-state index contributed by atoms with van der Waals surface area (Å²) in [5.74, 6) is -0.502. The van der Waals surface area contributed by atoms with Crippen molar-refractivity contribution >= 4 is 39.1 Å². The third-order valence-corrected chi connectivity index (χ3v) is 8.82. The fourth-order valence-corrected chi connectivity index (χ4v) is 6.50. The summed E-state index contributed by atoms with van der Waals surface area (Å²) in [5.41, 5.74) is 3.68. The van der Waals surface area contributed by atoms with Gasteiger partial charge in [0.2, 0.25) is 15.9 Å². The molecule has 0 saturated carbocycles. The van der Waals surface area contributed by atoms with Crippen molar-refractivity contribution in [2.45, 2.75) is 31.6 Å². The summed E-state index contributed by atoms with van der Waals surface area (Å²) in [5, 5.41) is 4.00. The van der Waals surface area contributed by atoms with Crippen molar-refractivity contribution in [2.24, 2.45) is 5.92 Å². The Balaban J connectivity index is 1.41. The molecule has 5 nitrogen and oxygen atoms in total. The van der Waals surface area contributed by atoms with Gasteiger partial charge in [0.05, 0.1) is 11.8 Å². The Morgan fingerprint density at radius 2 is 1.60 bits per heavy atom. The number of halogens is 2. The minimum Gasteiger partial charge on any atom is -0.345 e. The Bertz CT molecular complexity index is 1270. The third kappa shape index (κ3) is 6.44. The Kier molecular flexibility index (Phi) is 8.17. The molecule has 35 heavy (non-hydrogen) atoms. The average Bonchev–Trinajstić information content (AvgIpc) is 2.85. The number of nitrogens with one attached hydrogen (secondary N) is 1. The van der Waals surface area contributed by atoms with E-state index in [4.69, 9.17) is 23.2 Å². The fraction of sp³-hybridized carbons (Fsp3) is 0.296. The standard InChI is InChI=1S/C27H28Cl2N2O3S/c1-19-7-9-21(10-8-19)26(20-5-3-2-4-6-20)30-27(32)22-13-15-31(16-14-22)35(33,34)18-23-11-12-24(28)17-25(23)29/h2-12,17,22,26H,13-16,18H2,1H3,(H,30,32). The fourth-order valence-electron chi connectivity index (χ4n) is 4.35. The normalized spacial score (nSPS) is 16.1. The highest BCUT2D eigenvalue weighted by molar-refractivity contribution is 7.88.